The minimum atomic E-state index is -1.02. The van der Waals surface area contributed by atoms with Crippen LogP contribution in [-0.2, 0) is 9.59 Å². The zero-order chi connectivity index (χ0) is 12.1. The van der Waals surface area contributed by atoms with E-state index in [0.717, 1.165) is 0 Å². The molecule has 1 amide bonds. The Kier molecular flexibility index (Phi) is 4.58. The molecule has 1 aromatic rings. The van der Waals surface area contributed by atoms with Crippen LogP contribution < -0.4 is 5.32 Å². The number of hydrogen-bond donors (Lipinski definition) is 2. The Hall–Kier alpha value is -1.26. The standard InChI is InChI=1S/C10H9Cl2NO3/c11-6-1-2-7(8(12)3-6)9(13-5-14)4-10(15)16/h1-3,5,9H,4H2,(H,13,14)(H,15,16)/t9-/m1/s1. The van der Waals surface area contributed by atoms with Gasteiger partial charge in [0.05, 0.1) is 12.5 Å². The van der Waals surface area contributed by atoms with Crippen molar-refractivity contribution < 1.29 is 14.7 Å². The zero-order valence-corrected chi connectivity index (χ0v) is 9.63. The molecule has 1 rings (SSSR count). The van der Waals surface area contributed by atoms with E-state index in [1.54, 1.807) is 12.1 Å². The Labute approximate surface area is 102 Å². The number of carboxylic acids is 1. The van der Waals surface area contributed by atoms with Gasteiger partial charge in [0.1, 0.15) is 0 Å². The minimum absolute atomic E-state index is 0.236. The number of carbonyl (C=O) groups excluding carboxylic acids is 1. The average Bonchev–Trinajstić information content (AvgIpc) is 2.16. The Morgan fingerprint density at radius 1 is 1.50 bits per heavy atom. The molecule has 0 aliphatic carbocycles. The molecule has 0 unspecified atom stereocenters. The van der Waals surface area contributed by atoms with Crippen molar-refractivity contribution in [3.8, 4) is 0 Å². The first-order valence-electron chi connectivity index (χ1n) is 4.41. The first kappa shape index (κ1) is 12.8. The van der Waals surface area contributed by atoms with Crippen molar-refractivity contribution in [2.45, 2.75) is 12.5 Å². The van der Waals surface area contributed by atoms with Crippen molar-refractivity contribution in [2.24, 2.45) is 0 Å². The van der Waals surface area contributed by atoms with Crippen molar-refractivity contribution in [2.75, 3.05) is 0 Å². The summed E-state index contributed by atoms with van der Waals surface area (Å²) in [5.41, 5.74) is 0.528. The third-order valence-corrected chi connectivity index (χ3v) is 2.55. The molecule has 0 bridgehead atoms. The van der Waals surface area contributed by atoms with Gasteiger partial charge >= 0.3 is 5.97 Å². The molecule has 0 aliphatic heterocycles. The molecule has 0 aliphatic rings. The number of benzene rings is 1. The van der Waals surface area contributed by atoms with Crippen LogP contribution in [0.4, 0.5) is 0 Å². The van der Waals surface area contributed by atoms with Crippen LogP contribution in [-0.4, -0.2) is 17.5 Å². The smallest absolute Gasteiger partial charge is 0.305 e. The van der Waals surface area contributed by atoms with E-state index in [4.69, 9.17) is 28.3 Å². The topological polar surface area (TPSA) is 66.4 Å². The molecule has 0 saturated heterocycles. The SMILES string of the molecule is O=CN[C@H](CC(=O)O)c1ccc(Cl)cc1Cl. The molecule has 1 atom stereocenters. The zero-order valence-electron chi connectivity index (χ0n) is 8.11. The van der Waals surface area contributed by atoms with Gasteiger partial charge in [-0.05, 0) is 17.7 Å². The summed E-state index contributed by atoms with van der Waals surface area (Å²) in [6, 6.07) is 4.03. The third-order valence-electron chi connectivity index (χ3n) is 1.99. The molecule has 86 valence electrons. The number of rotatable bonds is 5. The maximum atomic E-state index is 10.6. The van der Waals surface area contributed by atoms with Gasteiger partial charge in [0.25, 0.3) is 0 Å². The fourth-order valence-corrected chi connectivity index (χ4v) is 1.84. The maximum Gasteiger partial charge on any atom is 0.305 e. The molecule has 0 heterocycles. The summed E-state index contributed by atoms with van der Waals surface area (Å²) < 4.78 is 0. The van der Waals surface area contributed by atoms with Gasteiger partial charge < -0.3 is 10.4 Å². The van der Waals surface area contributed by atoms with Gasteiger partial charge in [-0.3, -0.25) is 9.59 Å². The van der Waals surface area contributed by atoms with Crippen LogP contribution in [0.3, 0.4) is 0 Å². The highest BCUT2D eigenvalue weighted by Crippen LogP contribution is 2.27. The normalized spacial score (nSPS) is 11.9. The summed E-state index contributed by atoms with van der Waals surface area (Å²) in [7, 11) is 0. The van der Waals surface area contributed by atoms with Gasteiger partial charge in [0, 0.05) is 10.0 Å². The Bertz CT molecular complexity index is 409. The third kappa shape index (κ3) is 3.40. The number of nitrogens with one attached hydrogen (secondary N) is 1. The number of hydrogen-bond acceptors (Lipinski definition) is 2. The van der Waals surface area contributed by atoms with Crippen molar-refractivity contribution in [1.82, 2.24) is 5.32 Å². The van der Waals surface area contributed by atoms with Gasteiger partial charge in [-0.15, -0.1) is 0 Å². The predicted octanol–water partition coefficient (Wildman–Crippen LogP) is 2.26. The van der Waals surface area contributed by atoms with Crippen LogP contribution in [0, 0.1) is 0 Å². The summed E-state index contributed by atoms with van der Waals surface area (Å²) in [5.74, 6) is -1.02. The highest BCUT2D eigenvalue weighted by Gasteiger charge is 2.17. The highest BCUT2D eigenvalue weighted by molar-refractivity contribution is 6.35. The van der Waals surface area contributed by atoms with Gasteiger partial charge in [0.2, 0.25) is 6.41 Å². The van der Waals surface area contributed by atoms with Crippen LogP contribution in [0.15, 0.2) is 18.2 Å². The summed E-state index contributed by atoms with van der Waals surface area (Å²) in [5, 5.41) is 11.9. The highest BCUT2D eigenvalue weighted by atomic mass is 35.5. The molecule has 1 aromatic carbocycles. The predicted molar refractivity (Wildman–Crippen MR) is 60.7 cm³/mol. The number of aliphatic carboxylic acids is 1. The van der Waals surface area contributed by atoms with E-state index >= 15 is 0 Å². The van der Waals surface area contributed by atoms with E-state index in [0.29, 0.717) is 22.0 Å². The number of carbonyl (C=O) groups is 2. The Balaban J connectivity index is 3.00. The monoisotopic (exact) mass is 261 g/mol. The van der Waals surface area contributed by atoms with E-state index in [1.807, 2.05) is 0 Å². The average molecular weight is 262 g/mol. The van der Waals surface area contributed by atoms with Crippen molar-refractivity contribution in [3.63, 3.8) is 0 Å². The van der Waals surface area contributed by atoms with Crippen LogP contribution in [0.2, 0.25) is 10.0 Å². The van der Waals surface area contributed by atoms with Crippen LogP contribution >= 0.6 is 23.2 Å². The van der Waals surface area contributed by atoms with E-state index in [2.05, 4.69) is 5.32 Å². The Morgan fingerprint density at radius 2 is 2.19 bits per heavy atom. The Morgan fingerprint density at radius 3 is 2.69 bits per heavy atom. The second-order valence-electron chi connectivity index (χ2n) is 3.10. The molecular formula is C10H9Cl2NO3. The lowest BCUT2D eigenvalue weighted by Gasteiger charge is -2.15. The van der Waals surface area contributed by atoms with Crippen LogP contribution in [0.5, 0.6) is 0 Å². The van der Waals surface area contributed by atoms with E-state index in [9.17, 15) is 9.59 Å². The number of amides is 1. The van der Waals surface area contributed by atoms with Crippen molar-refractivity contribution in [3.05, 3.63) is 33.8 Å². The summed E-state index contributed by atoms with van der Waals surface area (Å²) in [4.78, 5) is 21.0. The summed E-state index contributed by atoms with van der Waals surface area (Å²) in [6.07, 6.45) is 0.207. The van der Waals surface area contributed by atoms with E-state index in [-0.39, 0.29) is 6.42 Å². The molecule has 16 heavy (non-hydrogen) atoms. The van der Waals surface area contributed by atoms with Crippen molar-refractivity contribution in [1.29, 1.82) is 0 Å². The van der Waals surface area contributed by atoms with Crippen LogP contribution in [0.1, 0.15) is 18.0 Å². The van der Waals surface area contributed by atoms with Crippen LogP contribution in [0.25, 0.3) is 0 Å². The maximum absolute atomic E-state index is 10.6. The lowest BCUT2D eigenvalue weighted by Crippen LogP contribution is -2.22. The summed E-state index contributed by atoms with van der Waals surface area (Å²) >= 11 is 11.6. The second-order valence-corrected chi connectivity index (χ2v) is 3.94. The molecule has 6 heteroatoms. The summed E-state index contributed by atoms with van der Waals surface area (Å²) in [6.45, 7) is 0. The molecule has 4 nitrogen and oxygen atoms in total. The molecule has 2 N–H and O–H groups in total. The largest absolute Gasteiger partial charge is 0.481 e. The van der Waals surface area contributed by atoms with Gasteiger partial charge in [-0.2, -0.15) is 0 Å². The first-order chi connectivity index (χ1) is 7.54. The fraction of sp³-hybridized carbons (Fsp3) is 0.200. The van der Waals surface area contributed by atoms with Gasteiger partial charge in [0.15, 0.2) is 0 Å². The molecular weight excluding hydrogens is 253 g/mol. The molecule has 0 spiro atoms. The molecule has 0 aromatic heterocycles. The molecule has 0 radical (unpaired) electrons. The first-order valence-corrected chi connectivity index (χ1v) is 5.16. The number of halogens is 2. The number of carboxylic acid groups (broad SMARTS) is 1. The molecule has 0 saturated carbocycles. The fourth-order valence-electron chi connectivity index (χ4n) is 1.30. The molecule has 0 fully saturated rings. The van der Waals surface area contributed by atoms with Crippen molar-refractivity contribution >= 4 is 35.6 Å². The van der Waals surface area contributed by atoms with E-state index in [1.165, 1.54) is 6.07 Å². The lowest BCUT2D eigenvalue weighted by atomic mass is 10.0. The lowest BCUT2D eigenvalue weighted by molar-refractivity contribution is -0.137. The van der Waals surface area contributed by atoms with Gasteiger partial charge in [-0.1, -0.05) is 29.3 Å². The minimum Gasteiger partial charge on any atom is -0.481 e. The van der Waals surface area contributed by atoms with E-state index < -0.39 is 12.0 Å². The second kappa shape index (κ2) is 5.72. The quantitative estimate of drug-likeness (QED) is 0.800. The van der Waals surface area contributed by atoms with Gasteiger partial charge in [-0.25, -0.2) is 0 Å².